The van der Waals surface area contributed by atoms with Crippen LogP contribution in [0.5, 0.6) is 11.5 Å². The molecule has 2 aliphatic heterocycles. The number of carbonyl (C=O) groups excluding carboxylic acids is 1. The van der Waals surface area contributed by atoms with Crippen molar-refractivity contribution in [1.29, 1.82) is 0 Å². The summed E-state index contributed by atoms with van der Waals surface area (Å²) < 4.78 is 10.6. The number of carbonyl (C=O) groups is 1. The molecule has 108 valence electrons. The lowest BCUT2D eigenvalue weighted by Crippen LogP contribution is -1.92. The number of amides is 1. The van der Waals surface area contributed by atoms with Crippen LogP contribution in [0.1, 0.15) is 11.1 Å². The van der Waals surface area contributed by atoms with Gasteiger partial charge in [0.1, 0.15) is 5.04 Å². The average molecular weight is 309 g/mol. The van der Waals surface area contributed by atoms with Crippen LogP contribution in [0.3, 0.4) is 0 Å². The fourth-order valence-corrected chi connectivity index (χ4v) is 3.19. The van der Waals surface area contributed by atoms with Crippen molar-refractivity contribution in [1.82, 2.24) is 0 Å². The van der Waals surface area contributed by atoms with Crippen LogP contribution in [0.15, 0.2) is 58.4 Å². The minimum Gasteiger partial charge on any atom is -0.454 e. The number of aliphatic imine (C=N–C) groups is 1. The third kappa shape index (κ3) is 2.40. The summed E-state index contributed by atoms with van der Waals surface area (Å²) >= 11 is 1.39. The molecule has 0 unspecified atom stereocenters. The molecule has 0 saturated carbocycles. The predicted octanol–water partition coefficient (Wildman–Crippen LogP) is 3.48. The summed E-state index contributed by atoms with van der Waals surface area (Å²) in [6.07, 6.45) is 1.83. The van der Waals surface area contributed by atoms with Crippen molar-refractivity contribution in [2.24, 2.45) is 4.99 Å². The molecule has 5 heteroatoms. The topological polar surface area (TPSA) is 47.9 Å². The Balaban J connectivity index is 1.61. The highest BCUT2D eigenvalue weighted by Gasteiger charge is 2.23. The van der Waals surface area contributed by atoms with E-state index in [0.717, 1.165) is 21.9 Å². The van der Waals surface area contributed by atoms with Gasteiger partial charge in [0.2, 0.25) is 6.79 Å². The van der Waals surface area contributed by atoms with E-state index < -0.39 is 0 Å². The monoisotopic (exact) mass is 309 g/mol. The highest BCUT2D eigenvalue weighted by molar-refractivity contribution is 8.19. The fourth-order valence-electron chi connectivity index (χ4n) is 2.27. The van der Waals surface area contributed by atoms with Crippen LogP contribution in [0.4, 0.5) is 0 Å². The molecule has 2 aromatic carbocycles. The van der Waals surface area contributed by atoms with E-state index in [1.165, 1.54) is 11.8 Å². The van der Waals surface area contributed by atoms with E-state index in [-0.39, 0.29) is 12.7 Å². The van der Waals surface area contributed by atoms with E-state index in [2.05, 4.69) is 4.99 Å². The summed E-state index contributed by atoms with van der Waals surface area (Å²) in [5.74, 6) is 1.23. The van der Waals surface area contributed by atoms with Gasteiger partial charge in [-0.15, -0.1) is 0 Å². The molecule has 0 radical (unpaired) electrons. The zero-order valence-corrected chi connectivity index (χ0v) is 12.3. The summed E-state index contributed by atoms with van der Waals surface area (Å²) in [6, 6.07) is 15.3. The van der Waals surface area contributed by atoms with Crippen LogP contribution in [-0.4, -0.2) is 17.7 Å². The number of hydrogen-bond donors (Lipinski definition) is 0. The number of benzene rings is 2. The van der Waals surface area contributed by atoms with Gasteiger partial charge in [0.05, 0.1) is 4.91 Å². The molecule has 2 aromatic rings. The molecule has 2 heterocycles. The molecule has 1 amide bonds. The third-order valence-corrected chi connectivity index (χ3v) is 4.37. The molecule has 4 nitrogen and oxygen atoms in total. The Hall–Kier alpha value is -2.53. The summed E-state index contributed by atoms with van der Waals surface area (Å²) in [5, 5.41) is 0.734. The molecule has 0 N–H and O–H groups in total. The Morgan fingerprint density at radius 3 is 2.73 bits per heavy atom. The molecule has 0 fully saturated rings. The molecule has 0 saturated heterocycles. The van der Waals surface area contributed by atoms with E-state index in [9.17, 15) is 4.79 Å². The van der Waals surface area contributed by atoms with Crippen molar-refractivity contribution in [3.63, 3.8) is 0 Å². The first-order valence-electron chi connectivity index (χ1n) is 6.77. The van der Waals surface area contributed by atoms with E-state index in [1.54, 1.807) is 0 Å². The average Bonchev–Trinajstić information content (AvgIpc) is 3.15. The number of rotatable bonds is 2. The van der Waals surface area contributed by atoms with Gasteiger partial charge in [-0.2, -0.15) is 0 Å². The highest BCUT2D eigenvalue weighted by atomic mass is 32.2. The Bertz CT molecular complexity index is 812. The number of thioether (sulfide) groups is 1. The van der Waals surface area contributed by atoms with Crippen molar-refractivity contribution in [3.05, 3.63) is 64.6 Å². The van der Waals surface area contributed by atoms with E-state index in [1.807, 2.05) is 54.6 Å². The summed E-state index contributed by atoms with van der Waals surface area (Å²) in [5.41, 5.74) is 1.85. The zero-order valence-electron chi connectivity index (χ0n) is 11.5. The predicted molar refractivity (Wildman–Crippen MR) is 86.1 cm³/mol. The largest absolute Gasteiger partial charge is 0.454 e. The van der Waals surface area contributed by atoms with Gasteiger partial charge in [-0.25, -0.2) is 4.99 Å². The summed E-state index contributed by atoms with van der Waals surface area (Å²) in [4.78, 5) is 16.8. The van der Waals surface area contributed by atoms with Crippen LogP contribution in [0, 0.1) is 0 Å². The van der Waals surface area contributed by atoms with Gasteiger partial charge < -0.3 is 9.47 Å². The maximum atomic E-state index is 12.1. The van der Waals surface area contributed by atoms with Crippen LogP contribution >= 0.6 is 11.8 Å². The van der Waals surface area contributed by atoms with Crippen LogP contribution in [-0.2, 0) is 4.79 Å². The molecule has 0 spiro atoms. The molecule has 0 bridgehead atoms. The minimum atomic E-state index is -0.207. The van der Waals surface area contributed by atoms with Gasteiger partial charge in [-0.05, 0) is 23.8 Å². The van der Waals surface area contributed by atoms with Crippen molar-refractivity contribution < 1.29 is 14.3 Å². The van der Waals surface area contributed by atoms with Gasteiger partial charge >= 0.3 is 0 Å². The van der Waals surface area contributed by atoms with E-state index in [4.69, 9.17) is 9.47 Å². The van der Waals surface area contributed by atoms with Crippen LogP contribution < -0.4 is 9.47 Å². The molecular formula is C17H11NO3S. The molecule has 4 rings (SSSR count). The lowest BCUT2D eigenvalue weighted by atomic mass is 10.2. The Morgan fingerprint density at radius 2 is 1.86 bits per heavy atom. The van der Waals surface area contributed by atoms with Gasteiger partial charge in [-0.3, -0.25) is 4.79 Å². The van der Waals surface area contributed by atoms with Crippen molar-refractivity contribution in [2.45, 2.75) is 0 Å². The Labute approximate surface area is 131 Å². The lowest BCUT2D eigenvalue weighted by Gasteiger charge is -2.00. The number of ether oxygens (including phenoxy) is 2. The third-order valence-electron chi connectivity index (χ3n) is 3.34. The van der Waals surface area contributed by atoms with Crippen molar-refractivity contribution in [3.8, 4) is 11.5 Å². The van der Waals surface area contributed by atoms with Crippen molar-refractivity contribution >= 4 is 28.8 Å². The van der Waals surface area contributed by atoms with Gasteiger partial charge in [0, 0.05) is 5.56 Å². The molecule has 0 aliphatic carbocycles. The van der Waals surface area contributed by atoms with E-state index in [0.29, 0.717) is 10.7 Å². The maximum Gasteiger partial charge on any atom is 0.284 e. The van der Waals surface area contributed by atoms with Crippen LogP contribution in [0.2, 0.25) is 0 Å². The highest BCUT2D eigenvalue weighted by Crippen LogP contribution is 2.35. The number of nitrogens with zero attached hydrogens (tertiary/aromatic N) is 1. The van der Waals surface area contributed by atoms with Crippen LogP contribution in [0.25, 0.3) is 6.08 Å². The SMILES string of the molecule is O=C1N=C(c2ccccc2)S/C1=C\c1ccc2c(c1)OCO2. The first-order chi connectivity index (χ1) is 10.8. The second-order valence-corrected chi connectivity index (χ2v) is 5.84. The second-order valence-electron chi connectivity index (χ2n) is 4.81. The standard InChI is InChI=1S/C17H11NO3S/c19-16-15(22-17(18-16)12-4-2-1-3-5-12)9-11-6-7-13-14(8-11)21-10-20-13/h1-9H,10H2/b15-9-. The molecule has 0 aromatic heterocycles. The summed E-state index contributed by atoms with van der Waals surface area (Å²) in [6.45, 7) is 0.240. The van der Waals surface area contributed by atoms with Gasteiger partial charge in [0.15, 0.2) is 11.5 Å². The quantitative estimate of drug-likeness (QED) is 0.797. The first kappa shape index (κ1) is 13.2. The second kappa shape index (κ2) is 5.35. The Kier molecular flexibility index (Phi) is 3.20. The molecular weight excluding hydrogens is 298 g/mol. The number of hydrogen-bond acceptors (Lipinski definition) is 4. The molecule has 2 aliphatic rings. The molecule has 0 atom stereocenters. The molecule has 22 heavy (non-hydrogen) atoms. The fraction of sp³-hybridized carbons (Fsp3) is 0.0588. The number of fused-ring (bicyclic) bond motifs is 1. The van der Waals surface area contributed by atoms with Crippen molar-refractivity contribution in [2.75, 3.05) is 6.79 Å². The minimum absolute atomic E-state index is 0.207. The summed E-state index contributed by atoms with van der Waals surface area (Å²) in [7, 11) is 0. The maximum absolute atomic E-state index is 12.1. The zero-order chi connectivity index (χ0) is 14.9. The van der Waals surface area contributed by atoms with E-state index >= 15 is 0 Å². The van der Waals surface area contributed by atoms with Gasteiger partial charge in [0.25, 0.3) is 5.91 Å². The lowest BCUT2D eigenvalue weighted by molar-refractivity contribution is -0.113. The Morgan fingerprint density at radius 1 is 1.05 bits per heavy atom. The normalized spacial score (nSPS) is 17.9. The van der Waals surface area contributed by atoms with Gasteiger partial charge in [-0.1, -0.05) is 48.2 Å². The smallest absolute Gasteiger partial charge is 0.284 e. The first-order valence-corrected chi connectivity index (χ1v) is 7.59.